The maximum atomic E-state index is 13.4. The van der Waals surface area contributed by atoms with E-state index in [4.69, 9.17) is 17.3 Å². The number of halogens is 1. The van der Waals surface area contributed by atoms with E-state index in [1.54, 1.807) is 30.3 Å². The molecule has 5 rings (SSSR count). The van der Waals surface area contributed by atoms with Gasteiger partial charge in [0.15, 0.2) is 0 Å². The van der Waals surface area contributed by atoms with Crippen molar-refractivity contribution in [2.45, 2.75) is 54.9 Å². The lowest BCUT2D eigenvalue weighted by Crippen LogP contribution is -2.49. The number of sulfone groups is 1. The highest BCUT2D eigenvalue weighted by molar-refractivity contribution is 7.91. The third-order valence-electron chi connectivity index (χ3n) is 8.35. The lowest BCUT2D eigenvalue weighted by Gasteiger charge is -2.42. The van der Waals surface area contributed by atoms with Crippen molar-refractivity contribution >= 4 is 33.0 Å². The fourth-order valence-corrected chi connectivity index (χ4v) is 7.80. The van der Waals surface area contributed by atoms with Crippen molar-refractivity contribution in [1.29, 1.82) is 0 Å². The van der Waals surface area contributed by atoms with E-state index >= 15 is 0 Å². The minimum atomic E-state index is -3.64. The number of hydrogen-bond acceptors (Lipinski definition) is 5. The molecule has 0 atom stereocenters. The summed E-state index contributed by atoms with van der Waals surface area (Å²) >= 11 is 6.08. The number of piperidine rings is 2. The van der Waals surface area contributed by atoms with Crippen molar-refractivity contribution in [3.05, 3.63) is 88.4 Å². The molecule has 2 saturated heterocycles. The molecular formula is C31H36ClN3O3S. The number of rotatable bonds is 6. The number of nitrogens with zero attached hydrogens (tertiary/aromatic N) is 2. The van der Waals surface area contributed by atoms with Gasteiger partial charge in [0.05, 0.1) is 15.4 Å². The predicted molar refractivity (Wildman–Crippen MR) is 156 cm³/mol. The van der Waals surface area contributed by atoms with Gasteiger partial charge in [-0.1, -0.05) is 48.0 Å². The summed E-state index contributed by atoms with van der Waals surface area (Å²) in [5, 5.41) is 0.412. The van der Waals surface area contributed by atoms with E-state index in [2.05, 4.69) is 4.90 Å². The Morgan fingerprint density at radius 2 is 1.62 bits per heavy atom. The normalized spacial score (nSPS) is 17.8. The number of aryl methyl sites for hydroxylation is 1. The number of hydrogen-bond donors (Lipinski definition) is 1. The quantitative estimate of drug-likeness (QED) is 0.392. The van der Waals surface area contributed by atoms with Gasteiger partial charge in [-0.3, -0.25) is 4.79 Å². The van der Waals surface area contributed by atoms with E-state index in [9.17, 15) is 13.2 Å². The summed E-state index contributed by atoms with van der Waals surface area (Å²) in [6, 6.07) is 19.9. The molecule has 3 aromatic rings. The molecule has 2 aliphatic rings. The molecule has 2 fully saturated rings. The van der Waals surface area contributed by atoms with E-state index in [0.29, 0.717) is 33.1 Å². The monoisotopic (exact) mass is 565 g/mol. The largest absolute Gasteiger partial charge is 0.398 e. The molecule has 206 valence electrons. The van der Waals surface area contributed by atoms with E-state index < -0.39 is 9.84 Å². The van der Waals surface area contributed by atoms with Gasteiger partial charge in [0, 0.05) is 29.8 Å². The van der Waals surface area contributed by atoms with Crippen LogP contribution in [0.3, 0.4) is 0 Å². The maximum Gasteiger partial charge on any atom is 0.255 e. The molecule has 0 aliphatic carbocycles. The highest BCUT2D eigenvalue weighted by Crippen LogP contribution is 2.31. The summed E-state index contributed by atoms with van der Waals surface area (Å²) in [6.45, 7) is 5.41. The molecule has 39 heavy (non-hydrogen) atoms. The first-order valence-corrected chi connectivity index (χ1v) is 15.6. The van der Waals surface area contributed by atoms with Crippen LogP contribution in [0.5, 0.6) is 0 Å². The fourth-order valence-electron chi connectivity index (χ4n) is 6.00. The molecule has 0 radical (unpaired) electrons. The van der Waals surface area contributed by atoms with Crippen LogP contribution < -0.4 is 5.73 Å². The Balaban J connectivity index is 1.17. The molecule has 2 aliphatic heterocycles. The molecule has 2 heterocycles. The average molecular weight is 566 g/mol. The second-order valence-electron chi connectivity index (χ2n) is 10.8. The standard InChI is InChI=1S/C31H36ClN3O3S/c1-22-6-4-10-28(30(22)33)31(36)35-18-14-26(15-19-35)34-16-12-23(13-17-34)20-24-7-2-3-11-29(24)39(37,38)27-9-5-8-25(32)21-27/h2-11,21,23,26H,12-20,33H2,1H3. The lowest BCUT2D eigenvalue weighted by molar-refractivity contribution is 0.0552. The van der Waals surface area contributed by atoms with Gasteiger partial charge in [-0.2, -0.15) is 0 Å². The lowest BCUT2D eigenvalue weighted by atomic mass is 9.88. The van der Waals surface area contributed by atoms with Crippen molar-refractivity contribution in [3.63, 3.8) is 0 Å². The summed E-state index contributed by atoms with van der Waals surface area (Å²) in [6.07, 6.45) is 4.73. The Morgan fingerprint density at radius 1 is 0.923 bits per heavy atom. The molecule has 0 unspecified atom stereocenters. The highest BCUT2D eigenvalue weighted by atomic mass is 35.5. The third-order valence-corrected chi connectivity index (χ3v) is 10.4. The minimum Gasteiger partial charge on any atom is -0.398 e. The van der Waals surface area contributed by atoms with Crippen molar-refractivity contribution in [3.8, 4) is 0 Å². The van der Waals surface area contributed by atoms with Gasteiger partial charge >= 0.3 is 0 Å². The summed E-state index contributed by atoms with van der Waals surface area (Å²) in [4.78, 5) is 18.2. The number of carbonyl (C=O) groups is 1. The number of amides is 1. The van der Waals surface area contributed by atoms with Crippen LogP contribution in [0.15, 0.2) is 76.5 Å². The van der Waals surface area contributed by atoms with Crippen LogP contribution in [0.1, 0.15) is 47.2 Å². The van der Waals surface area contributed by atoms with Gasteiger partial charge in [0.2, 0.25) is 9.84 Å². The molecule has 0 aromatic heterocycles. The summed E-state index contributed by atoms with van der Waals surface area (Å²) in [5.41, 5.74) is 9.16. The second kappa shape index (κ2) is 11.7. The third kappa shape index (κ3) is 6.01. The van der Waals surface area contributed by atoms with Crippen LogP contribution in [0.25, 0.3) is 0 Å². The predicted octanol–water partition coefficient (Wildman–Crippen LogP) is 5.62. The molecule has 3 aromatic carbocycles. The van der Waals surface area contributed by atoms with Crippen molar-refractivity contribution in [1.82, 2.24) is 9.80 Å². The van der Waals surface area contributed by atoms with E-state index in [1.165, 1.54) is 6.07 Å². The molecule has 2 N–H and O–H groups in total. The number of nitrogens with two attached hydrogens (primary N) is 1. The molecule has 0 saturated carbocycles. The van der Waals surface area contributed by atoms with Crippen LogP contribution in [0, 0.1) is 12.8 Å². The number of anilines is 1. The van der Waals surface area contributed by atoms with E-state index in [-0.39, 0.29) is 10.8 Å². The zero-order valence-electron chi connectivity index (χ0n) is 22.4. The number of nitrogen functional groups attached to an aromatic ring is 1. The second-order valence-corrected chi connectivity index (χ2v) is 13.2. The van der Waals surface area contributed by atoms with Crippen molar-refractivity contribution in [2.75, 3.05) is 31.9 Å². The fraction of sp³-hybridized carbons (Fsp3) is 0.387. The zero-order chi connectivity index (χ0) is 27.6. The average Bonchev–Trinajstić information content (AvgIpc) is 2.95. The summed E-state index contributed by atoms with van der Waals surface area (Å²) in [5.74, 6) is 0.461. The number of benzene rings is 3. The van der Waals surface area contributed by atoms with Gasteiger partial charge in [-0.15, -0.1) is 0 Å². The van der Waals surface area contributed by atoms with Crippen LogP contribution >= 0.6 is 11.6 Å². The SMILES string of the molecule is Cc1cccc(C(=O)N2CCC(N3CCC(Cc4ccccc4S(=O)(=O)c4cccc(Cl)c4)CC3)CC2)c1N. The van der Waals surface area contributed by atoms with Gasteiger partial charge in [0.1, 0.15) is 0 Å². The van der Waals surface area contributed by atoms with Gasteiger partial charge in [-0.25, -0.2) is 8.42 Å². The Labute approximate surface area is 236 Å². The first kappa shape index (κ1) is 27.7. The van der Waals surface area contributed by atoms with Crippen LogP contribution in [-0.2, 0) is 16.3 Å². The van der Waals surface area contributed by atoms with Crippen LogP contribution in [0.4, 0.5) is 5.69 Å². The Morgan fingerprint density at radius 3 is 2.33 bits per heavy atom. The number of carbonyl (C=O) groups excluding carboxylic acids is 1. The Hall–Kier alpha value is -2.87. The molecule has 0 spiro atoms. The van der Waals surface area contributed by atoms with Crippen LogP contribution in [0.2, 0.25) is 5.02 Å². The summed E-state index contributed by atoms with van der Waals surface area (Å²) < 4.78 is 26.8. The maximum absolute atomic E-state index is 13.4. The number of likely N-dealkylation sites (tertiary alicyclic amines) is 2. The Kier molecular flexibility index (Phi) is 8.31. The molecular weight excluding hydrogens is 530 g/mol. The topological polar surface area (TPSA) is 83.7 Å². The van der Waals surface area contributed by atoms with E-state index in [1.807, 2.05) is 42.2 Å². The summed E-state index contributed by atoms with van der Waals surface area (Å²) in [7, 11) is -3.64. The van der Waals surface area contributed by atoms with Crippen molar-refractivity contribution < 1.29 is 13.2 Å². The van der Waals surface area contributed by atoms with Gasteiger partial charge in [0.25, 0.3) is 5.91 Å². The Bertz CT molecular complexity index is 1440. The smallest absolute Gasteiger partial charge is 0.255 e. The minimum absolute atomic E-state index is 0.0275. The van der Waals surface area contributed by atoms with Crippen LogP contribution in [-0.4, -0.2) is 56.3 Å². The van der Waals surface area contributed by atoms with E-state index in [0.717, 1.165) is 69.4 Å². The van der Waals surface area contributed by atoms with Gasteiger partial charge < -0.3 is 15.5 Å². The van der Waals surface area contributed by atoms with Gasteiger partial charge in [-0.05, 0) is 99.5 Å². The molecule has 6 nitrogen and oxygen atoms in total. The molecule has 8 heteroatoms. The number of para-hydroxylation sites is 1. The molecule has 0 bridgehead atoms. The first-order chi connectivity index (χ1) is 18.7. The zero-order valence-corrected chi connectivity index (χ0v) is 23.9. The van der Waals surface area contributed by atoms with Crippen molar-refractivity contribution in [2.24, 2.45) is 5.92 Å². The first-order valence-electron chi connectivity index (χ1n) is 13.7. The highest BCUT2D eigenvalue weighted by Gasteiger charge is 2.31. The molecule has 1 amide bonds.